The fourth-order valence-corrected chi connectivity index (χ4v) is 0. The van der Waals surface area contributed by atoms with Gasteiger partial charge in [-0.1, -0.05) is 7.43 Å². The Labute approximate surface area is 108 Å². The molecule has 16 heavy (non-hydrogen) atoms. The number of aliphatic hydroxyl groups excluding tert-OH is 2. The van der Waals surface area contributed by atoms with Gasteiger partial charge in [-0.05, 0) is 13.8 Å². The summed E-state index contributed by atoms with van der Waals surface area (Å²) < 4.78 is 0. The molecule has 0 fully saturated rings. The molecule has 0 rings (SSSR count). The smallest absolute Gasteiger partial charge is 0.332 e. The summed E-state index contributed by atoms with van der Waals surface area (Å²) in [7, 11) is 0. The van der Waals surface area contributed by atoms with Crippen molar-refractivity contribution in [3.8, 4) is 0 Å². The van der Waals surface area contributed by atoms with Gasteiger partial charge in [0.2, 0.25) is 0 Å². The fourth-order valence-electron chi connectivity index (χ4n) is 0. The maximum Gasteiger partial charge on any atom is 0.332 e. The molecule has 9 heteroatoms. The quantitative estimate of drug-likeness (QED) is 0.420. The number of aliphatic hydroxyl groups is 2. The van der Waals surface area contributed by atoms with Crippen LogP contribution in [0.1, 0.15) is 21.3 Å². The Balaban J connectivity index is -0.0000000250. The van der Waals surface area contributed by atoms with E-state index in [-0.39, 0.29) is 40.1 Å². The van der Waals surface area contributed by atoms with E-state index in [1.165, 1.54) is 13.8 Å². The number of carboxylic acid groups (broad SMARTS) is 2. The van der Waals surface area contributed by atoms with Gasteiger partial charge in [0.15, 0.2) is 0 Å². The molecule has 0 bridgehead atoms. The minimum atomic E-state index is -1.23. The zero-order valence-electron chi connectivity index (χ0n) is 8.26. The monoisotopic (exact) mass is 280 g/mol. The van der Waals surface area contributed by atoms with Crippen molar-refractivity contribution in [2.24, 2.45) is 0 Å². The summed E-state index contributed by atoms with van der Waals surface area (Å²) in [4.78, 5) is 18.9. The molecular formula is C7H20O8Ti. The van der Waals surface area contributed by atoms with Crippen LogP contribution in [0.25, 0.3) is 0 Å². The maximum absolute atomic E-state index is 9.45. The minimum absolute atomic E-state index is 0. The van der Waals surface area contributed by atoms with Crippen molar-refractivity contribution in [1.29, 1.82) is 0 Å². The van der Waals surface area contributed by atoms with Gasteiger partial charge in [-0.15, -0.1) is 0 Å². The van der Waals surface area contributed by atoms with Crippen molar-refractivity contribution in [3.63, 3.8) is 0 Å². The van der Waals surface area contributed by atoms with Crippen molar-refractivity contribution in [2.75, 3.05) is 0 Å². The molecule has 0 saturated heterocycles. The first kappa shape index (κ1) is 36.1. The van der Waals surface area contributed by atoms with Crippen LogP contribution in [0.15, 0.2) is 0 Å². The summed E-state index contributed by atoms with van der Waals surface area (Å²) in [6.07, 6.45) is -2.46. The molecule has 0 aliphatic heterocycles. The zero-order chi connectivity index (χ0) is 10.3. The summed E-state index contributed by atoms with van der Waals surface area (Å²) in [5, 5.41) is 31.5. The largest absolute Gasteiger partial charge is 0.479 e. The Morgan fingerprint density at radius 3 is 0.938 bits per heavy atom. The molecule has 8 N–H and O–H groups in total. The van der Waals surface area contributed by atoms with Gasteiger partial charge in [-0.25, -0.2) is 9.59 Å². The van der Waals surface area contributed by atoms with Crippen molar-refractivity contribution in [1.82, 2.24) is 0 Å². The molecule has 2 unspecified atom stereocenters. The molecule has 0 radical (unpaired) electrons. The van der Waals surface area contributed by atoms with Crippen LogP contribution in [-0.2, 0) is 31.3 Å². The van der Waals surface area contributed by atoms with Crippen LogP contribution in [0.4, 0.5) is 0 Å². The van der Waals surface area contributed by atoms with Gasteiger partial charge >= 0.3 is 11.9 Å². The summed E-state index contributed by atoms with van der Waals surface area (Å²) in [5.41, 5.74) is 0. The first-order valence-corrected chi connectivity index (χ1v) is 3.10. The Morgan fingerprint density at radius 2 is 0.938 bits per heavy atom. The van der Waals surface area contributed by atoms with Crippen LogP contribution in [-0.4, -0.2) is 55.5 Å². The third-order valence-corrected chi connectivity index (χ3v) is 0.715. The summed E-state index contributed by atoms with van der Waals surface area (Å²) in [6.45, 7) is 2.39. The summed E-state index contributed by atoms with van der Waals surface area (Å²) in [5.74, 6) is -2.37. The Bertz CT molecular complexity index is 140. The van der Waals surface area contributed by atoms with E-state index >= 15 is 0 Å². The van der Waals surface area contributed by atoms with Crippen molar-refractivity contribution < 1.29 is 62.7 Å². The molecule has 0 heterocycles. The number of aliphatic carboxylic acids is 2. The number of hydrogen-bond donors (Lipinski definition) is 4. The van der Waals surface area contributed by atoms with Crippen molar-refractivity contribution in [3.05, 3.63) is 0 Å². The molecular weight excluding hydrogens is 260 g/mol. The fraction of sp³-hybridized carbons (Fsp3) is 0.714. The average Bonchev–Trinajstić information content (AvgIpc) is 1.88. The van der Waals surface area contributed by atoms with Crippen LogP contribution in [0.3, 0.4) is 0 Å². The van der Waals surface area contributed by atoms with Gasteiger partial charge in [-0.2, -0.15) is 0 Å². The third-order valence-electron chi connectivity index (χ3n) is 0.715. The van der Waals surface area contributed by atoms with E-state index in [2.05, 4.69) is 0 Å². The van der Waals surface area contributed by atoms with Crippen LogP contribution in [0.2, 0.25) is 0 Å². The number of hydrogen-bond acceptors (Lipinski definition) is 4. The molecule has 0 aromatic carbocycles. The second-order valence-corrected chi connectivity index (χ2v) is 2.03. The second kappa shape index (κ2) is 20.0. The van der Waals surface area contributed by atoms with Gasteiger partial charge < -0.3 is 31.4 Å². The molecule has 0 aromatic heterocycles. The van der Waals surface area contributed by atoms with E-state index in [0.29, 0.717) is 0 Å². The van der Waals surface area contributed by atoms with Gasteiger partial charge in [0.25, 0.3) is 0 Å². The predicted octanol–water partition coefficient (Wildman–Crippen LogP) is -2.11. The topological polar surface area (TPSA) is 178 Å². The SMILES string of the molecule is C.CC(O)C(=O)O.CC(O)C(=O)O.O.O.[Ti]. The van der Waals surface area contributed by atoms with Crippen LogP contribution in [0.5, 0.6) is 0 Å². The van der Waals surface area contributed by atoms with E-state index in [9.17, 15) is 9.59 Å². The normalized spacial score (nSPS) is 10.2. The van der Waals surface area contributed by atoms with Gasteiger partial charge in [0, 0.05) is 21.7 Å². The Kier molecular flexibility index (Phi) is 45.1. The molecule has 0 aromatic rings. The Hall–Kier alpha value is -0.506. The Morgan fingerprint density at radius 1 is 0.875 bits per heavy atom. The van der Waals surface area contributed by atoms with E-state index in [0.717, 1.165) is 0 Å². The summed E-state index contributed by atoms with van der Waals surface area (Å²) >= 11 is 0. The molecule has 0 amide bonds. The maximum atomic E-state index is 9.45. The van der Waals surface area contributed by atoms with E-state index in [1.54, 1.807) is 0 Å². The molecule has 0 spiro atoms. The molecule has 100 valence electrons. The number of carboxylic acids is 2. The van der Waals surface area contributed by atoms with Gasteiger partial charge in [0.1, 0.15) is 12.2 Å². The third kappa shape index (κ3) is 37.5. The molecule has 0 aliphatic carbocycles. The number of rotatable bonds is 2. The van der Waals surface area contributed by atoms with Crippen LogP contribution < -0.4 is 0 Å². The molecule has 2 atom stereocenters. The zero-order valence-corrected chi connectivity index (χ0v) is 9.82. The standard InChI is InChI=1S/2C3H6O3.CH4.2H2O.Ti/c2*1-2(4)3(5)6;;;;/h2*2,4H,1H3,(H,5,6);1H4;2*1H2;. The van der Waals surface area contributed by atoms with Gasteiger partial charge in [0.05, 0.1) is 0 Å². The van der Waals surface area contributed by atoms with Gasteiger partial charge in [-0.3, -0.25) is 0 Å². The molecule has 0 aliphatic rings. The molecule has 8 nitrogen and oxygen atoms in total. The summed E-state index contributed by atoms with van der Waals surface area (Å²) in [6, 6.07) is 0. The first-order valence-electron chi connectivity index (χ1n) is 3.10. The van der Waals surface area contributed by atoms with E-state index in [1.807, 2.05) is 0 Å². The van der Waals surface area contributed by atoms with Crippen LogP contribution >= 0.6 is 0 Å². The van der Waals surface area contributed by atoms with E-state index in [4.69, 9.17) is 20.4 Å². The average molecular weight is 280 g/mol. The van der Waals surface area contributed by atoms with Crippen molar-refractivity contribution >= 4 is 11.9 Å². The molecule has 0 saturated carbocycles. The first-order chi connectivity index (χ1) is 5.29. The minimum Gasteiger partial charge on any atom is -0.479 e. The second-order valence-electron chi connectivity index (χ2n) is 2.03. The number of carbonyl (C=O) groups is 2. The van der Waals surface area contributed by atoms with Crippen LogP contribution in [0, 0.1) is 0 Å². The van der Waals surface area contributed by atoms with Crippen molar-refractivity contribution in [2.45, 2.75) is 33.5 Å². The van der Waals surface area contributed by atoms with E-state index < -0.39 is 24.1 Å². The predicted molar refractivity (Wildman–Crippen MR) is 52.6 cm³/mol.